The van der Waals surface area contributed by atoms with Crippen LogP contribution in [0.5, 0.6) is 0 Å². The number of para-hydroxylation sites is 1. The van der Waals surface area contributed by atoms with Gasteiger partial charge in [-0.1, -0.05) is 31.2 Å². The van der Waals surface area contributed by atoms with Gasteiger partial charge >= 0.3 is 0 Å². The number of carbonyl (C=O) groups is 1. The molecule has 1 heterocycles. The van der Waals surface area contributed by atoms with E-state index < -0.39 is 32.5 Å². The standard InChI is InChI=1S/C23H27N3O5S3/c1-3-18(2)25-33(28,29)21-11-13-22(14-12-21)34(30,31)26(16-20-10-7-15-32-20)17-23(27)24-19-8-5-4-6-9-19/h4-15,18,25H,3,16-17H2,1-2H3,(H,24,27)/t18-/m0/s1. The van der Waals surface area contributed by atoms with E-state index in [9.17, 15) is 21.6 Å². The van der Waals surface area contributed by atoms with Gasteiger partial charge in [0.15, 0.2) is 0 Å². The first kappa shape index (κ1) is 26.0. The Morgan fingerprint density at radius 1 is 0.941 bits per heavy atom. The zero-order valence-corrected chi connectivity index (χ0v) is 21.3. The van der Waals surface area contributed by atoms with Gasteiger partial charge in [0.2, 0.25) is 26.0 Å². The van der Waals surface area contributed by atoms with E-state index in [0.717, 1.165) is 9.18 Å². The molecular formula is C23H27N3O5S3. The predicted molar refractivity (Wildman–Crippen MR) is 134 cm³/mol. The van der Waals surface area contributed by atoms with Crippen molar-refractivity contribution in [2.45, 2.75) is 42.6 Å². The summed E-state index contributed by atoms with van der Waals surface area (Å²) in [4.78, 5) is 13.3. The zero-order valence-electron chi connectivity index (χ0n) is 18.8. The van der Waals surface area contributed by atoms with E-state index >= 15 is 0 Å². The lowest BCUT2D eigenvalue weighted by atomic mass is 10.3. The minimum atomic E-state index is -4.09. The zero-order chi connectivity index (χ0) is 24.8. The Morgan fingerprint density at radius 3 is 2.18 bits per heavy atom. The van der Waals surface area contributed by atoms with Gasteiger partial charge in [-0.2, -0.15) is 4.31 Å². The van der Waals surface area contributed by atoms with Crippen molar-refractivity contribution in [1.29, 1.82) is 0 Å². The van der Waals surface area contributed by atoms with E-state index in [1.807, 2.05) is 18.4 Å². The van der Waals surface area contributed by atoms with Crippen molar-refractivity contribution in [3.05, 3.63) is 77.0 Å². The molecule has 11 heteroatoms. The van der Waals surface area contributed by atoms with Gasteiger partial charge in [-0.3, -0.25) is 4.79 Å². The Kier molecular flexibility index (Phi) is 8.61. The van der Waals surface area contributed by atoms with Crippen molar-refractivity contribution < 1.29 is 21.6 Å². The second kappa shape index (κ2) is 11.2. The highest BCUT2D eigenvalue weighted by Gasteiger charge is 2.28. The average Bonchev–Trinajstić information content (AvgIpc) is 3.32. The lowest BCUT2D eigenvalue weighted by Crippen LogP contribution is -2.37. The Hall–Kier alpha value is -2.57. The minimum Gasteiger partial charge on any atom is -0.325 e. The summed E-state index contributed by atoms with van der Waals surface area (Å²) in [6.07, 6.45) is 0.619. The summed E-state index contributed by atoms with van der Waals surface area (Å²) in [5, 5.41) is 4.53. The lowest BCUT2D eigenvalue weighted by molar-refractivity contribution is -0.116. The number of thiophene rings is 1. The molecule has 182 valence electrons. The molecule has 3 aromatic rings. The SMILES string of the molecule is CC[C@H](C)NS(=O)(=O)c1ccc(S(=O)(=O)N(CC(=O)Nc2ccccc2)Cc2cccs2)cc1. The molecular weight excluding hydrogens is 494 g/mol. The molecule has 0 aliphatic heterocycles. The van der Waals surface area contributed by atoms with Crippen LogP contribution in [0.4, 0.5) is 5.69 Å². The molecule has 0 spiro atoms. The third-order valence-corrected chi connectivity index (χ3v) is 9.30. The molecule has 1 atom stereocenters. The third-order valence-electron chi connectivity index (χ3n) is 5.03. The largest absolute Gasteiger partial charge is 0.325 e. The average molecular weight is 522 g/mol. The van der Waals surface area contributed by atoms with E-state index in [2.05, 4.69) is 10.0 Å². The van der Waals surface area contributed by atoms with Crippen molar-refractivity contribution in [2.24, 2.45) is 0 Å². The maximum atomic E-state index is 13.4. The first-order valence-electron chi connectivity index (χ1n) is 10.6. The van der Waals surface area contributed by atoms with Crippen LogP contribution in [-0.2, 0) is 31.4 Å². The van der Waals surface area contributed by atoms with E-state index in [1.165, 1.54) is 35.6 Å². The lowest BCUT2D eigenvalue weighted by Gasteiger charge is -2.21. The summed E-state index contributed by atoms with van der Waals surface area (Å²) in [7, 11) is -7.86. The highest BCUT2D eigenvalue weighted by molar-refractivity contribution is 7.89. The van der Waals surface area contributed by atoms with E-state index in [1.54, 1.807) is 43.3 Å². The second-order valence-electron chi connectivity index (χ2n) is 7.67. The topological polar surface area (TPSA) is 113 Å². The van der Waals surface area contributed by atoms with Crippen LogP contribution in [0.25, 0.3) is 0 Å². The van der Waals surface area contributed by atoms with Crippen LogP contribution in [0.3, 0.4) is 0 Å². The summed E-state index contributed by atoms with van der Waals surface area (Å²) in [5.74, 6) is -0.483. The molecule has 0 unspecified atom stereocenters. The molecule has 0 saturated carbocycles. The van der Waals surface area contributed by atoms with Gasteiger partial charge in [-0.25, -0.2) is 21.6 Å². The van der Waals surface area contributed by atoms with Gasteiger partial charge < -0.3 is 5.32 Å². The smallest absolute Gasteiger partial charge is 0.243 e. The van der Waals surface area contributed by atoms with E-state index in [0.29, 0.717) is 12.1 Å². The number of nitrogens with zero attached hydrogens (tertiary/aromatic N) is 1. The molecule has 8 nitrogen and oxygen atoms in total. The van der Waals surface area contributed by atoms with Gasteiger partial charge in [0.05, 0.1) is 16.3 Å². The van der Waals surface area contributed by atoms with Crippen LogP contribution >= 0.6 is 11.3 Å². The molecule has 0 aliphatic rings. The van der Waals surface area contributed by atoms with Crippen LogP contribution in [0.1, 0.15) is 25.1 Å². The maximum absolute atomic E-state index is 13.4. The number of anilines is 1. The second-order valence-corrected chi connectivity index (χ2v) is 12.4. The maximum Gasteiger partial charge on any atom is 0.243 e. The van der Waals surface area contributed by atoms with E-state index in [-0.39, 0.29) is 22.4 Å². The van der Waals surface area contributed by atoms with Crippen molar-refractivity contribution in [3.8, 4) is 0 Å². The normalized spacial score (nSPS) is 13.0. The molecule has 1 amide bonds. The molecule has 2 aromatic carbocycles. The number of benzene rings is 2. The third kappa shape index (κ3) is 6.73. The number of carbonyl (C=O) groups excluding carboxylic acids is 1. The summed E-state index contributed by atoms with van der Waals surface area (Å²) in [5.41, 5.74) is 0.560. The molecule has 0 radical (unpaired) electrons. The Labute approximate surface area is 204 Å². The fourth-order valence-corrected chi connectivity index (χ4v) is 6.54. The summed E-state index contributed by atoms with van der Waals surface area (Å²) < 4.78 is 55.5. The number of amides is 1. The van der Waals surface area contributed by atoms with Crippen LogP contribution < -0.4 is 10.0 Å². The van der Waals surface area contributed by atoms with Crippen LogP contribution in [-0.4, -0.2) is 39.6 Å². The molecule has 3 rings (SSSR count). The monoisotopic (exact) mass is 521 g/mol. The van der Waals surface area contributed by atoms with E-state index in [4.69, 9.17) is 0 Å². The van der Waals surface area contributed by atoms with Crippen LogP contribution in [0.15, 0.2) is 81.9 Å². The highest BCUT2D eigenvalue weighted by Crippen LogP contribution is 2.22. The number of nitrogens with one attached hydrogen (secondary N) is 2. The molecule has 1 aromatic heterocycles. The Bertz CT molecular complexity index is 1290. The van der Waals surface area contributed by atoms with Crippen LogP contribution in [0, 0.1) is 0 Å². The fourth-order valence-electron chi connectivity index (χ4n) is 3.04. The quantitative estimate of drug-likeness (QED) is 0.400. The molecule has 0 aliphatic carbocycles. The minimum absolute atomic E-state index is 0.0117. The fraction of sp³-hybridized carbons (Fsp3) is 0.261. The number of hydrogen-bond acceptors (Lipinski definition) is 6. The number of rotatable bonds is 11. The number of hydrogen-bond donors (Lipinski definition) is 2. The van der Waals surface area contributed by atoms with Gasteiger partial charge in [-0.15, -0.1) is 11.3 Å². The van der Waals surface area contributed by atoms with Gasteiger partial charge in [0, 0.05) is 23.2 Å². The molecule has 34 heavy (non-hydrogen) atoms. The summed E-state index contributed by atoms with van der Waals surface area (Å²) >= 11 is 1.38. The van der Waals surface area contributed by atoms with Gasteiger partial charge in [0.1, 0.15) is 0 Å². The summed E-state index contributed by atoms with van der Waals surface area (Å²) in [6, 6.07) is 17.1. The molecule has 0 fully saturated rings. The van der Waals surface area contributed by atoms with Crippen molar-refractivity contribution in [2.75, 3.05) is 11.9 Å². The van der Waals surface area contributed by atoms with Crippen LogP contribution in [0.2, 0.25) is 0 Å². The Balaban J connectivity index is 1.85. The number of sulfonamides is 2. The van der Waals surface area contributed by atoms with Crippen molar-refractivity contribution >= 4 is 43.0 Å². The van der Waals surface area contributed by atoms with Crippen molar-refractivity contribution in [1.82, 2.24) is 9.03 Å². The predicted octanol–water partition coefficient (Wildman–Crippen LogP) is 3.65. The summed E-state index contributed by atoms with van der Waals surface area (Å²) in [6.45, 7) is 3.22. The molecule has 0 saturated heterocycles. The van der Waals surface area contributed by atoms with Crippen molar-refractivity contribution in [3.63, 3.8) is 0 Å². The Morgan fingerprint density at radius 2 is 1.59 bits per heavy atom. The van der Waals surface area contributed by atoms with Gasteiger partial charge in [-0.05, 0) is 61.2 Å². The molecule has 0 bridgehead atoms. The first-order valence-corrected chi connectivity index (χ1v) is 14.4. The molecule has 2 N–H and O–H groups in total. The van der Waals surface area contributed by atoms with Gasteiger partial charge in [0.25, 0.3) is 0 Å². The first-order chi connectivity index (χ1) is 16.1. The highest BCUT2D eigenvalue weighted by atomic mass is 32.2.